The number of benzene rings is 1. The first kappa shape index (κ1) is 11.5. The van der Waals surface area contributed by atoms with Crippen LogP contribution in [0.15, 0.2) is 30.9 Å². The lowest BCUT2D eigenvalue weighted by Crippen LogP contribution is -2.03. The van der Waals surface area contributed by atoms with E-state index >= 15 is 0 Å². The van der Waals surface area contributed by atoms with E-state index in [-0.39, 0.29) is 0 Å². The van der Waals surface area contributed by atoms with Crippen molar-refractivity contribution in [3.63, 3.8) is 0 Å². The van der Waals surface area contributed by atoms with Crippen molar-refractivity contribution in [2.24, 2.45) is 0 Å². The van der Waals surface area contributed by atoms with Crippen molar-refractivity contribution in [2.75, 3.05) is 0 Å². The fourth-order valence-electron chi connectivity index (χ4n) is 1.44. The van der Waals surface area contributed by atoms with E-state index in [2.05, 4.69) is 13.5 Å². The Morgan fingerprint density at radius 1 is 1.53 bits per heavy atom. The lowest BCUT2D eigenvalue weighted by Gasteiger charge is -2.07. The molecule has 15 heavy (non-hydrogen) atoms. The summed E-state index contributed by atoms with van der Waals surface area (Å²) in [4.78, 5) is 11.0. The van der Waals surface area contributed by atoms with Crippen LogP contribution in [0.3, 0.4) is 0 Å². The zero-order chi connectivity index (χ0) is 11.3. The van der Waals surface area contributed by atoms with Gasteiger partial charge in [-0.05, 0) is 36.6 Å². The Labute approximate surface area is 90.6 Å². The Balaban J connectivity index is 2.81. The number of carbonyl (C=O) groups excluding carboxylic acids is 1. The van der Waals surface area contributed by atoms with E-state index in [9.17, 15) is 4.79 Å². The van der Waals surface area contributed by atoms with Crippen LogP contribution >= 0.6 is 0 Å². The summed E-state index contributed by atoms with van der Waals surface area (Å²) < 4.78 is 5.02. The average Bonchev–Trinajstić information content (AvgIpc) is 2.22. The smallest absolute Gasteiger partial charge is 0.335 e. The summed E-state index contributed by atoms with van der Waals surface area (Å²) in [5.74, 6) is 0.162. The van der Waals surface area contributed by atoms with Gasteiger partial charge in [0.05, 0.1) is 0 Å². The van der Waals surface area contributed by atoms with Crippen LogP contribution in [0.4, 0.5) is 0 Å². The molecule has 0 atom stereocenters. The molecule has 0 amide bonds. The zero-order valence-electron chi connectivity index (χ0n) is 9.25. The van der Waals surface area contributed by atoms with Gasteiger partial charge in [-0.3, -0.25) is 0 Å². The fourth-order valence-corrected chi connectivity index (χ4v) is 1.44. The molecule has 0 aliphatic rings. The van der Waals surface area contributed by atoms with Gasteiger partial charge in [0.1, 0.15) is 5.75 Å². The number of ether oxygens (including phenoxy) is 1. The topological polar surface area (TPSA) is 26.3 Å². The van der Waals surface area contributed by atoms with Crippen molar-refractivity contribution in [3.8, 4) is 5.75 Å². The molecule has 0 heterocycles. The molecular formula is C13H16O2. The Kier molecular flexibility index (Phi) is 4.10. The molecule has 0 aliphatic heterocycles. The van der Waals surface area contributed by atoms with Crippen LogP contribution in [0, 0.1) is 6.92 Å². The van der Waals surface area contributed by atoms with Gasteiger partial charge in [0, 0.05) is 6.08 Å². The second kappa shape index (κ2) is 5.35. The summed E-state index contributed by atoms with van der Waals surface area (Å²) in [7, 11) is 0. The summed E-state index contributed by atoms with van der Waals surface area (Å²) in [6, 6.07) is 5.70. The lowest BCUT2D eigenvalue weighted by molar-refractivity contribution is -0.128. The van der Waals surface area contributed by atoms with Crippen molar-refractivity contribution in [2.45, 2.75) is 26.7 Å². The number of carbonyl (C=O) groups is 1. The van der Waals surface area contributed by atoms with Crippen LogP contribution in [0.2, 0.25) is 0 Å². The van der Waals surface area contributed by atoms with Gasteiger partial charge < -0.3 is 4.74 Å². The van der Waals surface area contributed by atoms with E-state index < -0.39 is 5.97 Å². The molecule has 0 bridgehead atoms. The minimum atomic E-state index is -0.419. The highest BCUT2D eigenvalue weighted by atomic mass is 16.5. The largest absolute Gasteiger partial charge is 0.423 e. The van der Waals surface area contributed by atoms with Crippen LogP contribution < -0.4 is 4.74 Å². The number of rotatable bonds is 4. The van der Waals surface area contributed by atoms with Crippen molar-refractivity contribution >= 4 is 5.97 Å². The van der Waals surface area contributed by atoms with Gasteiger partial charge >= 0.3 is 5.97 Å². The van der Waals surface area contributed by atoms with E-state index in [1.54, 1.807) is 0 Å². The molecule has 1 aromatic carbocycles. The van der Waals surface area contributed by atoms with E-state index in [0.717, 1.165) is 24.5 Å². The highest BCUT2D eigenvalue weighted by molar-refractivity contribution is 5.83. The first-order valence-electron chi connectivity index (χ1n) is 5.11. The molecule has 2 heteroatoms. The molecule has 0 saturated heterocycles. The number of hydrogen-bond acceptors (Lipinski definition) is 2. The molecule has 0 radical (unpaired) electrons. The van der Waals surface area contributed by atoms with Crippen LogP contribution in [0.5, 0.6) is 5.75 Å². The van der Waals surface area contributed by atoms with E-state index in [0.29, 0.717) is 5.75 Å². The third-order valence-corrected chi connectivity index (χ3v) is 2.22. The maximum atomic E-state index is 11.0. The summed E-state index contributed by atoms with van der Waals surface area (Å²) in [6.45, 7) is 7.52. The fraction of sp³-hybridized carbons (Fsp3) is 0.308. The molecule has 1 rings (SSSR count). The average molecular weight is 204 g/mol. The Bertz CT molecular complexity index is 367. The Morgan fingerprint density at radius 3 is 2.80 bits per heavy atom. The monoisotopic (exact) mass is 204 g/mol. The first-order valence-corrected chi connectivity index (χ1v) is 5.11. The van der Waals surface area contributed by atoms with Crippen LogP contribution in [0.1, 0.15) is 24.5 Å². The minimum Gasteiger partial charge on any atom is -0.423 e. The predicted molar refractivity (Wildman–Crippen MR) is 61.0 cm³/mol. The maximum Gasteiger partial charge on any atom is 0.335 e. The van der Waals surface area contributed by atoms with Gasteiger partial charge in [-0.15, -0.1) is 0 Å². The van der Waals surface area contributed by atoms with Gasteiger partial charge in [-0.1, -0.05) is 26.0 Å². The molecule has 0 saturated carbocycles. The van der Waals surface area contributed by atoms with Gasteiger partial charge in [-0.2, -0.15) is 0 Å². The zero-order valence-corrected chi connectivity index (χ0v) is 9.25. The van der Waals surface area contributed by atoms with Crippen LogP contribution in [-0.4, -0.2) is 5.97 Å². The summed E-state index contributed by atoms with van der Waals surface area (Å²) >= 11 is 0. The highest BCUT2D eigenvalue weighted by Gasteiger charge is 2.02. The molecule has 0 fully saturated rings. The normalized spacial score (nSPS) is 9.73. The number of hydrogen-bond donors (Lipinski definition) is 0. The molecule has 0 unspecified atom stereocenters. The first-order chi connectivity index (χ1) is 7.17. The molecule has 1 aromatic rings. The SMILES string of the molecule is C=CC(=O)Oc1ccc(CCC)c(C)c1. The van der Waals surface area contributed by atoms with Crippen molar-refractivity contribution in [1.29, 1.82) is 0 Å². The van der Waals surface area contributed by atoms with Gasteiger partial charge in [0.2, 0.25) is 0 Å². The second-order valence-corrected chi connectivity index (χ2v) is 3.46. The van der Waals surface area contributed by atoms with Crippen molar-refractivity contribution in [1.82, 2.24) is 0 Å². The third-order valence-electron chi connectivity index (χ3n) is 2.22. The summed E-state index contributed by atoms with van der Waals surface area (Å²) in [6.07, 6.45) is 3.34. The summed E-state index contributed by atoms with van der Waals surface area (Å²) in [5.41, 5.74) is 2.46. The maximum absolute atomic E-state index is 11.0. The quantitative estimate of drug-likeness (QED) is 0.428. The molecule has 0 aliphatic carbocycles. The molecular weight excluding hydrogens is 188 g/mol. The second-order valence-electron chi connectivity index (χ2n) is 3.46. The molecule has 0 aromatic heterocycles. The molecule has 0 spiro atoms. The van der Waals surface area contributed by atoms with E-state index in [4.69, 9.17) is 4.74 Å². The number of esters is 1. The summed E-state index contributed by atoms with van der Waals surface area (Å²) in [5, 5.41) is 0. The lowest BCUT2D eigenvalue weighted by atomic mass is 10.0. The van der Waals surface area contributed by atoms with Crippen LogP contribution in [-0.2, 0) is 11.2 Å². The van der Waals surface area contributed by atoms with Crippen LogP contribution in [0.25, 0.3) is 0 Å². The number of aryl methyl sites for hydroxylation is 2. The Hall–Kier alpha value is -1.57. The third kappa shape index (κ3) is 3.24. The van der Waals surface area contributed by atoms with Gasteiger partial charge in [0.15, 0.2) is 0 Å². The highest BCUT2D eigenvalue weighted by Crippen LogP contribution is 2.18. The molecule has 80 valence electrons. The standard InChI is InChI=1S/C13H16O2/c1-4-6-11-7-8-12(9-10(11)3)15-13(14)5-2/h5,7-9H,2,4,6H2,1,3H3. The molecule has 0 N–H and O–H groups in total. The van der Waals surface area contributed by atoms with Gasteiger partial charge in [-0.25, -0.2) is 4.79 Å². The minimum absolute atomic E-state index is 0.419. The van der Waals surface area contributed by atoms with Crippen molar-refractivity contribution in [3.05, 3.63) is 42.0 Å². The Morgan fingerprint density at radius 2 is 2.27 bits per heavy atom. The predicted octanol–water partition coefficient (Wildman–Crippen LogP) is 3.04. The van der Waals surface area contributed by atoms with Crippen molar-refractivity contribution < 1.29 is 9.53 Å². The van der Waals surface area contributed by atoms with E-state index in [1.165, 1.54) is 5.56 Å². The van der Waals surface area contributed by atoms with E-state index in [1.807, 2.05) is 25.1 Å². The van der Waals surface area contributed by atoms with Gasteiger partial charge in [0.25, 0.3) is 0 Å². The molecule has 2 nitrogen and oxygen atoms in total.